The molecule has 1 heterocycles. The number of nitrogens with one attached hydrogen (secondary N) is 1. The number of halogens is 1. The number of aromatic nitrogens is 2. The van der Waals surface area contributed by atoms with Gasteiger partial charge in [0.15, 0.2) is 0 Å². The number of ether oxygens (including phenoxy) is 1. The van der Waals surface area contributed by atoms with E-state index in [1.54, 1.807) is 20.8 Å². The van der Waals surface area contributed by atoms with E-state index in [-0.39, 0.29) is 21.9 Å². The maximum atomic E-state index is 12.7. The highest BCUT2D eigenvalue weighted by Gasteiger charge is 2.60. The van der Waals surface area contributed by atoms with Crippen molar-refractivity contribution in [3.8, 4) is 0 Å². The van der Waals surface area contributed by atoms with E-state index in [0.717, 1.165) is 7.05 Å². The van der Waals surface area contributed by atoms with Crippen LogP contribution in [-0.2, 0) is 19.6 Å². The van der Waals surface area contributed by atoms with Gasteiger partial charge in [0.1, 0.15) is 10.8 Å². The van der Waals surface area contributed by atoms with Gasteiger partial charge in [0, 0.05) is 30.4 Å². The van der Waals surface area contributed by atoms with Crippen LogP contribution in [0.3, 0.4) is 0 Å². The Morgan fingerprint density at radius 2 is 1.91 bits per heavy atom. The number of carbonyl (C=O) groups excluding carboxylic acids is 1. The lowest BCUT2D eigenvalue weighted by Gasteiger charge is -2.24. The molecule has 1 aromatic heterocycles. The molecule has 1 fully saturated rings. The van der Waals surface area contributed by atoms with Crippen LogP contribution in [0.15, 0.2) is 35.4 Å². The second-order valence-corrected chi connectivity index (χ2v) is 11.4. The van der Waals surface area contributed by atoms with Crippen molar-refractivity contribution in [2.45, 2.75) is 57.0 Å². The van der Waals surface area contributed by atoms with E-state index >= 15 is 0 Å². The van der Waals surface area contributed by atoms with E-state index in [9.17, 15) is 23.1 Å². The monoisotopic (exact) mass is 510 g/mol. The Morgan fingerprint density at radius 1 is 1.29 bits per heavy atom. The number of hydrogen-bond donors (Lipinski definition) is 2. The summed E-state index contributed by atoms with van der Waals surface area (Å²) in [4.78, 5) is 32.1. The maximum Gasteiger partial charge on any atom is 0.424 e. The molecule has 3 rings (SSSR count). The van der Waals surface area contributed by atoms with Gasteiger partial charge in [-0.25, -0.2) is 27.5 Å². The third-order valence-electron chi connectivity index (χ3n) is 5.70. The first-order valence-corrected chi connectivity index (χ1v) is 12.4. The number of carboxylic acid groups (broad SMARTS) is 1. The molecule has 0 aliphatic heterocycles. The minimum atomic E-state index is -4.11. The third-order valence-corrected chi connectivity index (χ3v) is 7.74. The lowest BCUT2D eigenvalue weighted by Crippen LogP contribution is -2.38. The fourth-order valence-corrected chi connectivity index (χ4v) is 4.87. The zero-order valence-electron chi connectivity index (χ0n) is 19.5. The van der Waals surface area contributed by atoms with Gasteiger partial charge in [-0.3, -0.25) is 4.79 Å². The number of benzene rings is 1. The smallest absolute Gasteiger partial charge is 0.424 e. The van der Waals surface area contributed by atoms with Crippen molar-refractivity contribution in [1.29, 1.82) is 0 Å². The number of carbonyl (C=O) groups is 2. The normalized spacial score (nSPS) is 19.9. The summed E-state index contributed by atoms with van der Waals surface area (Å²) >= 11 is 6.30. The molecule has 0 saturated heterocycles. The highest BCUT2D eigenvalue weighted by atomic mass is 35.5. The van der Waals surface area contributed by atoms with Gasteiger partial charge in [-0.15, -0.1) is 0 Å². The number of aliphatic carboxylic acids is 1. The molecule has 1 aromatic carbocycles. The molecule has 12 heteroatoms. The predicted molar refractivity (Wildman–Crippen MR) is 126 cm³/mol. The van der Waals surface area contributed by atoms with Crippen molar-refractivity contribution in [3.63, 3.8) is 0 Å². The minimum absolute atomic E-state index is 0.0981. The van der Waals surface area contributed by atoms with Crippen LogP contribution < -0.4 is 5.32 Å². The number of anilines is 2. The molecule has 2 aromatic rings. The molecule has 1 amide bonds. The Balaban J connectivity index is 1.72. The molecule has 0 bridgehead atoms. The number of carboxylic acids is 1. The van der Waals surface area contributed by atoms with Crippen molar-refractivity contribution in [2.24, 2.45) is 5.41 Å². The minimum Gasteiger partial charge on any atom is -0.481 e. The summed E-state index contributed by atoms with van der Waals surface area (Å²) in [6.07, 6.45) is 1.50. The fourth-order valence-electron chi connectivity index (χ4n) is 3.58. The molecule has 2 atom stereocenters. The molecule has 1 aliphatic rings. The standard InChI is InChI=1S/C22H27ClN4O6S/c1-6-22(18(28)29)11-16(22)15-12-24-19(26-17(15)23)25-13-7-9-14(10-8-13)34(31,32)27(5)20(30)33-21(2,3)4/h7-10,12,16H,6,11H2,1-5H3,(H,28,29)(H,24,25,26). The highest BCUT2D eigenvalue weighted by molar-refractivity contribution is 7.89. The topological polar surface area (TPSA) is 139 Å². The summed E-state index contributed by atoms with van der Waals surface area (Å²) in [6, 6.07) is 5.66. The van der Waals surface area contributed by atoms with E-state index < -0.39 is 33.1 Å². The molecular weight excluding hydrogens is 484 g/mol. The van der Waals surface area contributed by atoms with Crippen LogP contribution in [0.1, 0.15) is 52.0 Å². The molecule has 1 aliphatic carbocycles. The van der Waals surface area contributed by atoms with Gasteiger partial charge in [0.2, 0.25) is 5.95 Å². The zero-order chi connectivity index (χ0) is 25.5. The molecule has 184 valence electrons. The van der Waals surface area contributed by atoms with Crippen molar-refractivity contribution in [1.82, 2.24) is 14.3 Å². The van der Waals surface area contributed by atoms with Crippen LogP contribution in [0.25, 0.3) is 0 Å². The van der Waals surface area contributed by atoms with Crippen molar-refractivity contribution < 1.29 is 27.9 Å². The first-order valence-electron chi connectivity index (χ1n) is 10.6. The summed E-state index contributed by atoms with van der Waals surface area (Å²) < 4.78 is 31.1. The summed E-state index contributed by atoms with van der Waals surface area (Å²) in [6.45, 7) is 6.75. The summed E-state index contributed by atoms with van der Waals surface area (Å²) in [5.74, 6) is -0.915. The molecule has 10 nitrogen and oxygen atoms in total. The van der Waals surface area contributed by atoms with E-state index in [4.69, 9.17) is 16.3 Å². The van der Waals surface area contributed by atoms with Gasteiger partial charge in [0.25, 0.3) is 10.0 Å². The van der Waals surface area contributed by atoms with E-state index in [1.165, 1.54) is 30.5 Å². The average Bonchev–Trinajstić information content (AvgIpc) is 3.48. The van der Waals surface area contributed by atoms with Crippen LogP contribution in [0.4, 0.5) is 16.4 Å². The largest absolute Gasteiger partial charge is 0.481 e. The Labute approximate surface area is 203 Å². The number of sulfonamides is 1. The first-order chi connectivity index (χ1) is 15.7. The van der Waals surface area contributed by atoms with Crippen molar-refractivity contribution >= 4 is 45.3 Å². The maximum absolute atomic E-state index is 12.7. The summed E-state index contributed by atoms with van der Waals surface area (Å²) in [5, 5.41) is 12.6. The number of nitrogens with zero attached hydrogens (tertiary/aromatic N) is 3. The average molecular weight is 511 g/mol. The number of amides is 1. The number of rotatable bonds is 7. The molecule has 34 heavy (non-hydrogen) atoms. The van der Waals surface area contributed by atoms with Crippen molar-refractivity contribution in [3.05, 3.63) is 41.2 Å². The molecule has 2 unspecified atom stereocenters. The molecular formula is C22H27ClN4O6S. The highest BCUT2D eigenvalue weighted by Crippen LogP contribution is 2.62. The van der Waals surface area contributed by atoms with Crippen LogP contribution in [-0.4, -0.2) is 52.5 Å². The van der Waals surface area contributed by atoms with Crippen LogP contribution in [0.5, 0.6) is 0 Å². The van der Waals surface area contributed by atoms with Crippen LogP contribution in [0, 0.1) is 5.41 Å². The van der Waals surface area contributed by atoms with Gasteiger partial charge in [0.05, 0.1) is 10.3 Å². The first kappa shape index (κ1) is 25.7. The van der Waals surface area contributed by atoms with Gasteiger partial charge < -0.3 is 15.2 Å². The van der Waals surface area contributed by atoms with E-state index in [0.29, 0.717) is 28.4 Å². The summed E-state index contributed by atoms with van der Waals surface area (Å²) in [5.41, 5.74) is -0.586. The lowest BCUT2D eigenvalue weighted by molar-refractivity contribution is -0.143. The molecule has 1 saturated carbocycles. The third kappa shape index (κ3) is 5.10. The van der Waals surface area contributed by atoms with E-state index in [1.807, 2.05) is 6.92 Å². The summed E-state index contributed by atoms with van der Waals surface area (Å²) in [7, 11) is -2.98. The number of hydrogen-bond acceptors (Lipinski definition) is 8. The van der Waals surface area contributed by atoms with Crippen LogP contribution >= 0.6 is 11.6 Å². The predicted octanol–water partition coefficient (Wildman–Crippen LogP) is 4.40. The van der Waals surface area contributed by atoms with E-state index in [2.05, 4.69) is 15.3 Å². The second-order valence-electron chi connectivity index (χ2n) is 9.11. The molecule has 0 spiro atoms. The Hall–Kier alpha value is -2.92. The zero-order valence-corrected chi connectivity index (χ0v) is 21.1. The van der Waals surface area contributed by atoms with Gasteiger partial charge >= 0.3 is 12.1 Å². The Morgan fingerprint density at radius 3 is 2.38 bits per heavy atom. The Kier molecular flexibility index (Phi) is 6.82. The van der Waals surface area contributed by atoms with Gasteiger partial charge in [-0.05, 0) is 57.9 Å². The quantitative estimate of drug-likeness (QED) is 0.518. The van der Waals surface area contributed by atoms with Crippen LogP contribution in [0.2, 0.25) is 5.15 Å². The molecule has 0 radical (unpaired) electrons. The van der Waals surface area contributed by atoms with Gasteiger partial charge in [-0.1, -0.05) is 18.5 Å². The van der Waals surface area contributed by atoms with Gasteiger partial charge in [-0.2, -0.15) is 0 Å². The lowest BCUT2D eigenvalue weighted by atomic mass is 9.98. The molecule has 2 N–H and O–H groups in total. The SMILES string of the molecule is CCC1(C(=O)O)CC1c1cnc(Nc2ccc(S(=O)(=O)N(C)C(=O)OC(C)(C)C)cc2)nc1Cl. The fraction of sp³-hybridized carbons (Fsp3) is 0.455. The second kappa shape index (κ2) is 9.03. The van der Waals surface area contributed by atoms with Crippen molar-refractivity contribution in [2.75, 3.05) is 12.4 Å². The Bertz CT molecular complexity index is 1210.